The van der Waals surface area contributed by atoms with Gasteiger partial charge in [-0.25, -0.2) is 0 Å². The molecule has 0 saturated carbocycles. The fraction of sp³-hybridized carbons (Fsp3) is 0.474. The second-order valence-electron chi connectivity index (χ2n) is 7.19. The third-order valence-corrected chi connectivity index (χ3v) is 5.76. The maximum absolute atomic E-state index is 12.8. The highest BCUT2D eigenvalue weighted by Gasteiger charge is 2.39. The lowest BCUT2D eigenvalue weighted by Gasteiger charge is -2.36. The molecule has 5 heteroatoms. The van der Waals surface area contributed by atoms with Crippen LogP contribution < -0.4 is 10.7 Å². The van der Waals surface area contributed by atoms with Crippen molar-refractivity contribution >= 4 is 16.8 Å². The number of aromatic amines is 1. The van der Waals surface area contributed by atoms with Crippen molar-refractivity contribution in [2.75, 3.05) is 7.05 Å². The number of para-hydroxylation sites is 1. The van der Waals surface area contributed by atoms with Gasteiger partial charge >= 0.3 is 0 Å². The molecule has 24 heavy (non-hydrogen) atoms. The molecule has 2 aromatic rings. The van der Waals surface area contributed by atoms with Crippen molar-refractivity contribution in [2.45, 2.75) is 50.7 Å². The number of hydrogen-bond acceptors (Lipinski definition) is 3. The molecule has 2 aliphatic rings. The Labute approximate surface area is 141 Å². The highest BCUT2D eigenvalue weighted by molar-refractivity contribution is 5.98. The van der Waals surface area contributed by atoms with Gasteiger partial charge in [-0.15, -0.1) is 0 Å². The summed E-state index contributed by atoms with van der Waals surface area (Å²) in [7, 11) is 2.18. The lowest BCUT2D eigenvalue weighted by Crippen LogP contribution is -2.49. The molecule has 2 N–H and O–H groups in total. The summed E-state index contributed by atoms with van der Waals surface area (Å²) in [4.78, 5) is 31.1. The predicted molar refractivity (Wildman–Crippen MR) is 94.4 cm³/mol. The van der Waals surface area contributed by atoms with Crippen LogP contribution in [0.5, 0.6) is 0 Å². The molecule has 2 saturated heterocycles. The minimum Gasteiger partial charge on any atom is -0.358 e. The van der Waals surface area contributed by atoms with Gasteiger partial charge in [-0.05, 0) is 51.8 Å². The number of amides is 1. The molecule has 2 fully saturated rings. The van der Waals surface area contributed by atoms with E-state index in [2.05, 4.69) is 22.2 Å². The van der Waals surface area contributed by atoms with Gasteiger partial charge in [0.25, 0.3) is 5.91 Å². The van der Waals surface area contributed by atoms with Gasteiger partial charge in [0.05, 0.1) is 0 Å². The number of H-pyrrole nitrogens is 1. The van der Waals surface area contributed by atoms with E-state index >= 15 is 0 Å². The molecular formula is C19H23N3O2. The van der Waals surface area contributed by atoms with E-state index in [-0.39, 0.29) is 22.9 Å². The number of piperidine rings is 1. The summed E-state index contributed by atoms with van der Waals surface area (Å²) >= 11 is 0. The summed E-state index contributed by atoms with van der Waals surface area (Å²) in [6.07, 6.45) is 4.37. The first-order valence-corrected chi connectivity index (χ1v) is 8.69. The van der Waals surface area contributed by atoms with Gasteiger partial charge in [0.15, 0.2) is 0 Å². The molecule has 4 rings (SSSR count). The Kier molecular flexibility index (Phi) is 3.68. The summed E-state index contributed by atoms with van der Waals surface area (Å²) in [5.41, 5.74) is 1.47. The zero-order valence-corrected chi connectivity index (χ0v) is 14.1. The van der Waals surface area contributed by atoms with Gasteiger partial charge in [-0.1, -0.05) is 12.1 Å². The lowest BCUT2D eigenvalue weighted by molar-refractivity contribution is 0.0880. The normalized spacial score (nSPS) is 26.7. The number of fused-ring (bicyclic) bond motifs is 3. The highest BCUT2D eigenvalue weighted by atomic mass is 16.2. The van der Waals surface area contributed by atoms with Crippen LogP contribution in [0.1, 0.15) is 41.7 Å². The maximum Gasteiger partial charge on any atom is 0.257 e. The van der Waals surface area contributed by atoms with Gasteiger partial charge < -0.3 is 15.2 Å². The quantitative estimate of drug-likeness (QED) is 0.889. The van der Waals surface area contributed by atoms with Crippen LogP contribution in [0, 0.1) is 6.92 Å². The number of carbonyl (C=O) groups excluding carboxylic acids is 1. The highest BCUT2D eigenvalue weighted by Crippen LogP contribution is 2.34. The summed E-state index contributed by atoms with van der Waals surface area (Å²) in [6.45, 7) is 1.79. The van der Waals surface area contributed by atoms with E-state index in [1.54, 1.807) is 13.0 Å². The van der Waals surface area contributed by atoms with Gasteiger partial charge in [-0.3, -0.25) is 9.59 Å². The summed E-state index contributed by atoms with van der Waals surface area (Å²) in [5, 5.41) is 3.68. The van der Waals surface area contributed by atoms with Crippen LogP contribution in [0.2, 0.25) is 0 Å². The average Bonchev–Trinajstić information content (AvgIpc) is 2.77. The molecule has 2 atom stereocenters. The fourth-order valence-electron chi connectivity index (χ4n) is 4.42. The van der Waals surface area contributed by atoms with Crippen molar-refractivity contribution < 1.29 is 4.79 Å². The Morgan fingerprint density at radius 2 is 1.88 bits per heavy atom. The molecule has 1 amide bonds. The Hall–Kier alpha value is -2.14. The van der Waals surface area contributed by atoms with Crippen molar-refractivity contribution in [3.8, 4) is 0 Å². The number of aryl methyl sites for hydroxylation is 1. The molecule has 126 valence electrons. The Balaban J connectivity index is 1.61. The fourth-order valence-corrected chi connectivity index (χ4v) is 4.42. The number of nitrogens with one attached hydrogen (secondary N) is 2. The zero-order valence-electron chi connectivity index (χ0n) is 14.1. The third kappa shape index (κ3) is 2.44. The second-order valence-corrected chi connectivity index (χ2v) is 7.19. The minimum absolute atomic E-state index is 0.163. The number of hydrogen-bond donors (Lipinski definition) is 2. The molecule has 0 spiro atoms. The van der Waals surface area contributed by atoms with E-state index < -0.39 is 0 Å². The van der Waals surface area contributed by atoms with Crippen molar-refractivity contribution in [3.05, 3.63) is 45.7 Å². The average molecular weight is 325 g/mol. The van der Waals surface area contributed by atoms with Crippen molar-refractivity contribution in [3.63, 3.8) is 0 Å². The maximum atomic E-state index is 12.8. The summed E-state index contributed by atoms with van der Waals surface area (Å²) in [6, 6.07) is 8.61. The molecule has 2 aliphatic heterocycles. The van der Waals surface area contributed by atoms with Crippen LogP contribution in [0.4, 0.5) is 0 Å². The largest absolute Gasteiger partial charge is 0.358 e. The summed E-state index contributed by atoms with van der Waals surface area (Å²) < 4.78 is 0. The molecule has 2 bridgehead atoms. The van der Waals surface area contributed by atoms with Crippen LogP contribution in [0.15, 0.2) is 29.1 Å². The van der Waals surface area contributed by atoms with Crippen LogP contribution in [0.25, 0.3) is 10.9 Å². The molecule has 1 aromatic carbocycles. The van der Waals surface area contributed by atoms with E-state index in [1.165, 1.54) is 12.8 Å². The molecule has 2 unspecified atom stereocenters. The van der Waals surface area contributed by atoms with Gasteiger partial charge in [-0.2, -0.15) is 0 Å². The minimum atomic E-state index is -0.242. The number of nitrogens with zero attached hydrogens (tertiary/aromatic N) is 1. The van der Waals surface area contributed by atoms with E-state index in [1.807, 2.05) is 18.2 Å². The van der Waals surface area contributed by atoms with Gasteiger partial charge in [0, 0.05) is 34.7 Å². The number of benzene rings is 1. The van der Waals surface area contributed by atoms with Crippen molar-refractivity contribution in [1.82, 2.24) is 15.2 Å². The van der Waals surface area contributed by atoms with Gasteiger partial charge in [0.1, 0.15) is 5.56 Å². The molecule has 0 radical (unpaired) electrons. The first-order valence-electron chi connectivity index (χ1n) is 8.69. The molecule has 5 nitrogen and oxygen atoms in total. The standard InChI is InChI=1S/C19H23N3O2/c1-11-17(18(23)15-5-3-4-6-16(15)20-11)19(24)21-12-9-13-7-8-14(10-12)22(13)2/h3-6,12-14H,7-10H2,1-2H3,(H,20,23)(H,21,24). The third-order valence-electron chi connectivity index (χ3n) is 5.76. The predicted octanol–water partition coefficient (Wildman–Crippen LogP) is 2.19. The van der Waals surface area contributed by atoms with Crippen LogP contribution >= 0.6 is 0 Å². The molecule has 0 aliphatic carbocycles. The number of pyridine rings is 1. The number of aromatic nitrogens is 1. The van der Waals surface area contributed by atoms with E-state index in [9.17, 15) is 9.59 Å². The number of carbonyl (C=O) groups is 1. The first-order chi connectivity index (χ1) is 11.5. The van der Waals surface area contributed by atoms with Crippen LogP contribution in [0.3, 0.4) is 0 Å². The topological polar surface area (TPSA) is 65.2 Å². The molecular weight excluding hydrogens is 302 g/mol. The molecule has 3 heterocycles. The van der Waals surface area contributed by atoms with Crippen molar-refractivity contribution in [2.24, 2.45) is 0 Å². The van der Waals surface area contributed by atoms with Gasteiger partial charge in [0.2, 0.25) is 5.43 Å². The molecule has 1 aromatic heterocycles. The van der Waals surface area contributed by atoms with Crippen LogP contribution in [-0.4, -0.2) is 41.0 Å². The van der Waals surface area contributed by atoms with E-state index in [0.717, 1.165) is 18.4 Å². The zero-order chi connectivity index (χ0) is 16.8. The van der Waals surface area contributed by atoms with E-state index in [0.29, 0.717) is 23.2 Å². The second kappa shape index (κ2) is 5.74. The Bertz CT molecular complexity index is 843. The lowest BCUT2D eigenvalue weighted by atomic mass is 9.97. The monoisotopic (exact) mass is 325 g/mol. The first kappa shape index (κ1) is 15.4. The van der Waals surface area contributed by atoms with Crippen molar-refractivity contribution in [1.29, 1.82) is 0 Å². The van der Waals surface area contributed by atoms with Crippen LogP contribution in [-0.2, 0) is 0 Å². The Morgan fingerprint density at radius 1 is 1.21 bits per heavy atom. The SMILES string of the molecule is Cc1[nH]c2ccccc2c(=O)c1C(=O)NC1CC2CCC(C1)N2C. The summed E-state index contributed by atoms with van der Waals surface area (Å²) in [5.74, 6) is -0.242. The Morgan fingerprint density at radius 3 is 2.58 bits per heavy atom. The smallest absolute Gasteiger partial charge is 0.257 e. The number of rotatable bonds is 2. The van der Waals surface area contributed by atoms with E-state index in [4.69, 9.17) is 0 Å².